The Kier molecular flexibility index (Phi) is 5.73. The number of nitrogens with two attached hydrogens (primary N) is 1. The van der Waals surface area contributed by atoms with E-state index in [2.05, 4.69) is 20.7 Å². The quantitative estimate of drug-likeness (QED) is 0.276. The van der Waals surface area contributed by atoms with Gasteiger partial charge in [-0.1, -0.05) is 0 Å². The zero-order valence-electron chi connectivity index (χ0n) is 9.77. The Hall–Kier alpha value is -1.89. The topological polar surface area (TPSA) is 102 Å². The van der Waals surface area contributed by atoms with E-state index in [9.17, 15) is 4.79 Å². The second-order valence-electron chi connectivity index (χ2n) is 3.27. The molecular weight excluding hydrogens is 222 g/mol. The summed E-state index contributed by atoms with van der Waals surface area (Å²) in [6.45, 7) is 2.85. The lowest BCUT2D eigenvalue weighted by Gasteiger charge is -2.06. The molecule has 1 aromatic heterocycles. The van der Waals surface area contributed by atoms with Gasteiger partial charge in [0.1, 0.15) is 18.0 Å². The third-order valence-electron chi connectivity index (χ3n) is 1.98. The molecule has 0 bridgehead atoms. The van der Waals surface area contributed by atoms with Gasteiger partial charge in [0.2, 0.25) is 0 Å². The number of aromatic nitrogens is 2. The van der Waals surface area contributed by atoms with E-state index in [1.807, 2.05) is 0 Å². The minimum Gasteiger partial charge on any atom is -0.466 e. The van der Waals surface area contributed by atoms with Crippen molar-refractivity contribution in [1.29, 1.82) is 0 Å². The molecule has 17 heavy (non-hydrogen) atoms. The normalized spacial score (nSPS) is 9.76. The first-order chi connectivity index (χ1) is 8.26. The molecule has 0 aliphatic carbocycles. The summed E-state index contributed by atoms with van der Waals surface area (Å²) >= 11 is 0. The average molecular weight is 239 g/mol. The molecule has 0 atom stereocenters. The molecule has 0 radical (unpaired) electrons. The van der Waals surface area contributed by atoms with Crippen LogP contribution >= 0.6 is 0 Å². The van der Waals surface area contributed by atoms with Gasteiger partial charge < -0.3 is 15.5 Å². The molecule has 0 aliphatic rings. The number of carbonyl (C=O) groups is 1. The van der Waals surface area contributed by atoms with E-state index in [-0.39, 0.29) is 5.97 Å². The van der Waals surface area contributed by atoms with Crippen LogP contribution in [-0.4, -0.2) is 29.1 Å². The molecule has 7 heteroatoms. The van der Waals surface area contributed by atoms with Crippen molar-refractivity contribution in [3.8, 4) is 0 Å². The largest absolute Gasteiger partial charge is 0.466 e. The van der Waals surface area contributed by atoms with E-state index in [1.54, 1.807) is 13.0 Å². The molecule has 7 nitrogen and oxygen atoms in total. The number of nitrogen functional groups attached to an aromatic ring is 1. The molecular formula is C10H17N5O2. The molecule has 0 amide bonds. The first-order valence-corrected chi connectivity index (χ1v) is 5.44. The maximum Gasteiger partial charge on any atom is 0.305 e. The fourth-order valence-electron chi connectivity index (χ4n) is 1.22. The predicted octanol–water partition coefficient (Wildman–Crippen LogP) is 0.517. The summed E-state index contributed by atoms with van der Waals surface area (Å²) in [5.74, 6) is 6.24. The van der Waals surface area contributed by atoms with Crippen molar-refractivity contribution in [3.05, 3.63) is 12.4 Å². The summed E-state index contributed by atoms with van der Waals surface area (Å²) in [6.07, 6.45) is 2.49. The van der Waals surface area contributed by atoms with Gasteiger partial charge in [-0.05, 0) is 13.3 Å². The minimum absolute atomic E-state index is 0.179. The Morgan fingerprint density at radius 1 is 1.47 bits per heavy atom. The van der Waals surface area contributed by atoms with Crippen molar-refractivity contribution >= 4 is 17.6 Å². The standard InChI is InChI=1S/C10H17N5O2/c1-2-17-10(16)4-3-5-12-8-6-9(15-11)14-7-13-8/h6-7H,2-5,11H2,1H3,(H2,12,13,14,15). The average Bonchev–Trinajstić information content (AvgIpc) is 2.35. The zero-order valence-corrected chi connectivity index (χ0v) is 9.77. The number of esters is 1. The lowest BCUT2D eigenvalue weighted by molar-refractivity contribution is -0.143. The summed E-state index contributed by atoms with van der Waals surface area (Å²) < 4.78 is 4.81. The fraction of sp³-hybridized carbons (Fsp3) is 0.500. The molecule has 94 valence electrons. The maximum atomic E-state index is 11.1. The van der Waals surface area contributed by atoms with Crippen LogP contribution in [0.5, 0.6) is 0 Å². The molecule has 0 spiro atoms. The minimum atomic E-state index is -0.179. The van der Waals surface area contributed by atoms with Gasteiger partial charge in [0, 0.05) is 19.0 Å². The summed E-state index contributed by atoms with van der Waals surface area (Å²) in [7, 11) is 0. The van der Waals surface area contributed by atoms with Crippen LogP contribution in [0.15, 0.2) is 12.4 Å². The number of carbonyl (C=O) groups excluding carboxylic acids is 1. The van der Waals surface area contributed by atoms with E-state index in [0.717, 1.165) is 0 Å². The van der Waals surface area contributed by atoms with Crippen LogP contribution in [-0.2, 0) is 9.53 Å². The smallest absolute Gasteiger partial charge is 0.305 e. The van der Waals surface area contributed by atoms with Crippen LogP contribution < -0.4 is 16.6 Å². The first-order valence-electron chi connectivity index (χ1n) is 5.44. The van der Waals surface area contributed by atoms with Crippen molar-refractivity contribution in [1.82, 2.24) is 9.97 Å². The number of hydrogen-bond acceptors (Lipinski definition) is 7. The second kappa shape index (κ2) is 7.39. The monoisotopic (exact) mass is 239 g/mol. The highest BCUT2D eigenvalue weighted by Crippen LogP contribution is 2.07. The van der Waals surface area contributed by atoms with Crippen LogP contribution in [0, 0.1) is 0 Å². The summed E-state index contributed by atoms with van der Waals surface area (Å²) in [4.78, 5) is 18.9. The van der Waals surface area contributed by atoms with Crippen molar-refractivity contribution in [2.24, 2.45) is 5.84 Å². The fourth-order valence-corrected chi connectivity index (χ4v) is 1.22. The van der Waals surface area contributed by atoms with Crippen molar-refractivity contribution < 1.29 is 9.53 Å². The Bertz CT molecular complexity index is 358. The van der Waals surface area contributed by atoms with Gasteiger partial charge in [-0.2, -0.15) is 0 Å². The molecule has 4 N–H and O–H groups in total. The number of hydrazine groups is 1. The van der Waals surface area contributed by atoms with Crippen LogP contribution in [0.2, 0.25) is 0 Å². The maximum absolute atomic E-state index is 11.1. The molecule has 0 fully saturated rings. The highest BCUT2D eigenvalue weighted by Gasteiger charge is 2.01. The zero-order chi connectivity index (χ0) is 12.5. The molecule has 0 unspecified atom stereocenters. The van der Waals surface area contributed by atoms with Crippen molar-refractivity contribution in [2.45, 2.75) is 19.8 Å². The van der Waals surface area contributed by atoms with Gasteiger partial charge in [0.15, 0.2) is 0 Å². The lowest BCUT2D eigenvalue weighted by atomic mass is 10.3. The molecule has 1 rings (SSSR count). The SMILES string of the molecule is CCOC(=O)CCCNc1cc(NN)ncn1. The van der Waals surface area contributed by atoms with Crippen molar-refractivity contribution in [2.75, 3.05) is 23.9 Å². The van der Waals surface area contributed by atoms with E-state index < -0.39 is 0 Å². The lowest BCUT2D eigenvalue weighted by Crippen LogP contribution is -2.11. The molecule has 0 saturated carbocycles. The summed E-state index contributed by atoms with van der Waals surface area (Å²) in [5, 5.41) is 3.06. The van der Waals surface area contributed by atoms with Gasteiger partial charge in [0.05, 0.1) is 6.61 Å². The third kappa shape index (κ3) is 5.12. The van der Waals surface area contributed by atoms with Gasteiger partial charge >= 0.3 is 5.97 Å². The van der Waals surface area contributed by atoms with Gasteiger partial charge in [-0.15, -0.1) is 0 Å². The third-order valence-corrected chi connectivity index (χ3v) is 1.98. The Morgan fingerprint density at radius 3 is 2.94 bits per heavy atom. The molecule has 1 aromatic rings. The van der Waals surface area contributed by atoms with E-state index >= 15 is 0 Å². The highest BCUT2D eigenvalue weighted by atomic mass is 16.5. The van der Waals surface area contributed by atoms with E-state index in [4.69, 9.17) is 10.6 Å². The number of anilines is 2. The second-order valence-corrected chi connectivity index (χ2v) is 3.27. The Labute approximate surface area is 99.7 Å². The molecule has 1 heterocycles. The Morgan fingerprint density at radius 2 is 2.24 bits per heavy atom. The van der Waals surface area contributed by atoms with Gasteiger partial charge in [-0.3, -0.25) is 4.79 Å². The highest BCUT2D eigenvalue weighted by molar-refractivity contribution is 5.69. The van der Waals surface area contributed by atoms with E-state index in [0.29, 0.717) is 37.6 Å². The van der Waals surface area contributed by atoms with E-state index in [1.165, 1.54) is 6.33 Å². The first kappa shape index (κ1) is 13.2. The van der Waals surface area contributed by atoms with Crippen LogP contribution in [0.25, 0.3) is 0 Å². The Balaban J connectivity index is 2.24. The van der Waals surface area contributed by atoms with Crippen LogP contribution in [0.4, 0.5) is 11.6 Å². The molecule has 0 aliphatic heterocycles. The number of nitrogens with one attached hydrogen (secondary N) is 2. The number of rotatable bonds is 7. The van der Waals surface area contributed by atoms with Crippen molar-refractivity contribution in [3.63, 3.8) is 0 Å². The number of hydrogen-bond donors (Lipinski definition) is 3. The van der Waals surface area contributed by atoms with Gasteiger partial charge in [-0.25, -0.2) is 15.8 Å². The summed E-state index contributed by atoms with van der Waals surface area (Å²) in [6, 6.07) is 1.68. The predicted molar refractivity (Wildman–Crippen MR) is 64.2 cm³/mol. The number of ether oxygens (including phenoxy) is 1. The van der Waals surface area contributed by atoms with Crippen LogP contribution in [0.3, 0.4) is 0 Å². The summed E-state index contributed by atoms with van der Waals surface area (Å²) in [5.41, 5.74) is 2.43. The van der Waals surface area contributed by atoms with Crippen LogP contribution in [0.1, 0.15) is 19.8 Å². The number of nitrogens with zero attached hydrogens (tertiary/aromatic N) is 2. The molecule has 0 saturated heterocycles. The molecule has 0 aromatic carbocycles. The van der Waals surface area contributed by atoms with Gasteiger partial charge in [0.25, 0.3) is 0 Å².